The number of carbonyl (C=O) groups excluding carboxylic acids is 2. The van der Waals surface area contributed by atoms with Gasteiger partial charge >= 0.3 is 0 Å². The van der Waals surface area contributed by atoms with Crippen molar-refractivity contribution in [2.24, 2.45) is 11.5 Å². The van der Waals surface area contributed by atoms with Crippen LogP contribution in [-0.4, -0.2) is 31.5 Å². The summed E-state index contributed by atoms with van der Waals surface area (Å²) in [4.78, 5) is 25.8. The Bertz CT molecular complexity index is 1040. The van der Waals surface area contributed by atoms with Crippen LogP contribution in [0.3, 0.4) is 0 Å². The summed E-state index contributed by atoms with van der Waals surface area (Å²) in [5.41, 5.74) is 12.7. The molecule has 0 saturated heterocycles. The molecule has 7 nitrogen and oxygen atoms in total. The van der Waals surface area contributed by atoms with Crippen molar-refractivity contribution in [2.45, 2.75) is 24.9 Å². The van der Waals surface area contributed by atoms with Crippen LogP contribution < -0.4 is 26.8 Å². The maximum atomic E-state index is 13.2. The quantitative estimate of drug-likeness (QED) is 0.424. The summed E-state index contributed by atoms with van der Waals surface area (Å²) in [5.74, 6) is -0.105. The van der Waals surface area contributed by atoms with Crippen molar-refractivity contribution in [1.82, 2.24) is 5.32 Å². The minimum Gasteiger partial charge on any atom is -0.497 e. The topological polar surface area (TPSA) is 119 Å². The Kier molecular flexibility index (Phi) is 7.59. The second kappa shape index (κ2) is 10.6. The Hall–Kier alpha value is -3.42. The third kappa shape index (κ3) is 5.81. The summed E-state index contributed by atoms with van der Waals surface area (Å²) in [7, 11) is 1.57. The highest BCUT2D eigenvalue weighted by molar-refractivity contribution is 6.00. The fourth-order valence-corrected chi connectivity index (χ4v) is 3.30. The first-order valence-corrected chi connectivity index (χ1v) is 10.2. The summed E-state index contributed by atoms with van der Waals surface area (Å²) in [5, 5.41) is 7.77. The Labute approximate surface area is 181 Å². The van der Waals surface area contributed by atoms with Crippen molar-refractivity contribution in [3.05, 3.63) is 72.3 Å². The van der Waals surface area contributed by atoms with Gasteiger partial charge in [-0.3, -0.25) is 9.59 Å². The van der Waals surface area contributed by atoms with Crippen LogP contribution in [0.15, 0.2) is 66.7 Å². The number of nitrogens with two attached hydrogens (primary N) is 2. The van der Waals surface area contributed by atoms with E-state index in [2.05, 4.69) is 10.6 Å². The number of hydrogen-bond acceptors (Lipinski definition) is 5. The van der Waals surface area contributed by atoms with Gasteiger partial charge in [-0.05, 0) is 60.0 Å². The highest BCUT2D eigenvalue weighted by atomic mass is 16.5. The highest BCUT2D eigenvalue weighted by Crippen LogP contribution is 2.22. The second-order valence-electron chi connectivity index (χ2n) is 7.30. The van der Waals surface area contributed by atoms with Crippen LogP contribution in [-0.2, 0) is 9.59 Å². The summed E-state index contributed by atoms with van der Waals surface area (Å²) in [6, 6.07) is 18.9. The van der Waals surface area contributed by atoms with Crippen molar-refractivity contribution in [3.63, 3.8) is 0 Å². The van der Waals surface area contributed by atoms with E-state index in [1.54, 1.807) is 31.4 Å². The van der Waals surface area contributed by atoms with Crippen LogP contribution in [0.5, 0.6) is 5.75 Å². The SMILES string of the molecule is COc1ccc(C(NC(=O)[C@H](N)CCCN)C(=O)Nc2ccc3ccccc3c2)cc1. The molecule has 0 aromatic heterocycles. The van der Waals surface area contributed by atoms with Crippen LogP contribution in [0.1, 0.15) is 24.4 Å². The van der Waals surface area contributed by atoms with Crippen molar-refractivity contribution >= 4 is 28.3 Å². The third-order valence-corrected chi connectivity index (χ3v) is 5.07. The van der Waals surface area contributed by atoms with Gasteiger partial charge in [0.1, 0.15) is 11.8 Å². The number of amides is 2. The van der Waals surface area contributed by atoms with Gasteiger partial charge in [-0.15, -0.1) is 0 Å². The minimum absolute atomic E-state index is 0.361. The van der Waals surface area contributed by atoms with Gasteiger partial charge in [0.25, 0.3) is 5.91 Å². The molecule has 3 aromatic rings. The lowest BCUT2D eigenvalue weighted by molar-refractivity contribution is -0.127. The molecule has 0 heterocycles. The Morgan fingerprint density at radius 1 is 0.968 bits per heavy atom. The molecule has 31 heavy (non-hydrogen) atoms. The van der Waals surface area contributed by atoms with Crippen LogP contribution in [0.2, 0.25) is 0 Å². The van der Waals surface area contributed by atoms with Crippen LogP contribution >= 0.6 is 0 Å². The van der Waals surface area contributed by atoms with Gasteiger partial charge in [0, 0.05) is 5.69 Å². The number of carbonyl (C=O) groups is 2. The average Bonchev–Trinajstić information content (AvgIpc) is 2.80. The summed E-state index contributed by atoms with van der Waals surface area (Å²) in [6.45, 7) is 0.450. The molecule has 7 heteroatoms. The first-order valence-electron chi connectivity index (χ1n) is 10.2. The van der Waals surface area contributed by atoms with Gasteiger partial charge in [0.2, 0.25) is 5.91 Å². The molecule has 0 fully saturated rings. The van der Waals surface area contributed by atoms with E-state index < -0.39 is 18.0 Å². The number of benzene rings is 3. The third-order valence-electron chi connectivity index (χ3n) is 5.07. The number of hydrogen-bond donors (Lipinski definition) is 4. The fraction of sp³-hybridized carbons (Fsp3) is 0.250. The molecule has 0 saturated carbocycles. The fourth-order valence-electron chi connectivity index (χ4n) is 3.30. The Balaban J connectivity index is 1.82. The molecular weight excluding hydrogens is 392 g/mol. The predicted octanol–water partition coefficient (Wildman–Crippen LogP) is 2.71. The number of ether oxygens (including phenoxy) is 1. The van der Waals surface area contributed by atoms with Crippen molar-refractivity contribution in [2.75, 3.05) is 19.0 Å². The normalized spacial score (nSPS) is 12.7. The standard InChI is InChI=1S/C24H28N4O3/c1-31-20-12-9-17(10-13-20)22(28-23(29)21(26)7-4-14-25)24(30)27-19-11-8-16-5-2-3-6-18(16)15-19/h2-3,5-6,8-13,15,21-22H,4,7,14,25-26H2,1H3,(H,27,30)(H,28,29)/t21-,22?/m1/s1. The van der Waals surface area contributed by atoms with Crippen molar-refractivity contribution in [3.8, 4) is 5.75 Å². The first-order chi connectivity index (χ1) is 15.0. The largest absolute Gasteiger partial charge is 0.497 e. The lowest BCUT2D eigenvalue weighted by atomic mass is 10.0. The van der Waals surface area contributed by atoms with Crippen LogP contribution in [0.4, 0.5) is 5.69 Å². The number of nitrogens with one attached hydrogen (secondary N) is 2. The molecule has 0 aliphatic carbocycles. The van der Waals surface area contributed by atoms with E-state index in [4.69, 9.17) is 16.2 Å². The van der Waals surface area contributed by atoms with E-state index in [1.165, 1.54) is 0 Å². The highest BCUT2D eigenvalue weighted by Gasteiger charge is 2.25. The zero-order valence-corrected chi connectivity index (χ0v) is 17.5. The molecule has 0 bridgehead atoms. The number of fused-ring (bicyclic) bond motifs is 1. The van der Waals surface area contributed by atoms with Crippen molar-refractivity contribution in [1.29, 1.82) is 0 Å². The Morgan fingerprint density at radius 2 is 1.68 bits per heavy atom. The van der Waals surface area contributed by atoms with E-state index >= 15 is 0 Å². The number of anilines is 1. The first kappa shape index (κ1) is 22.3. The van der Waals surface area contributed by atoms with Gasteiger partial charge in [-0.2, -0.15) is 0 Å². The van der Waals surface area contributed by atoms with Gasteiger partial charge < -0.3 is 26.8 Å². The maximum Gasteiger partial charge on any atom is 0.251 e. The smallest absolute Gasteiger partial charge is 0.251 e. The monoisotopic (exact) mass is 420 g/mol. The molecule has 3 aromatic carbocycles. The second-order valence-corrected chi connectivity index (χ2v) is 7.30. The predicted molar refractivity (Wildman–Crippen MR) is 123 cm³/mol. The van der Waals surface area contributed by atoms with Gasteiger partial charge in [0.15, 0.2) is 0 Å². The zero-order valence-electron chi connectivity index (χ0n) is 17.5. The van der Waals surface area contributed by atoms with E-state index in [0.717, 1.165) is 10.8 Å². The maximum absolute atomic E-state index is 13.2. The van der Waals surface area contributed by atoms with Gasteiger partial charge in [-0.25, -0.2) is 0 Å². The zero-order chi connectivity index (χ0) is 22.2. The summed E-state index contributed by atoms with van der Waals surface area (Å²) < 4.78 is 5.19. The number of rotatable bonds is 9. The molecular formula is C24H28N4O3. The van der Waals surface area contributed by atoms with E-state index in [0.29, 0.717) is 36.4 Å². The molecule has 0 aliphatic heterocycles. The van der Waals surface area contributed by atoms with Crippen LogP contribution in [0.25, 0.3) is 10.8 Å². The summed E-state index contributed by atoms with van der Waals surface area (Å²) in [6.07, 6.45) is 1.08. The van der Waals surface area contributed by atoms with Crippen LogP contribution in [0, 0.1) is 0 Å². The van der Waals surface area contributed by atoms with Gasteiger partial charge in [0.05, 0.1) is 13.2 Å². The van der Waals surface area contributed by atoms with E-state index in [9.17, 15) is 9.59 Å². The lowest BCUT2D eigenvalue weighted by Gasteiger charge is -2.21. The molecule has 6 N–H and O–H groups in total. The number of methoxy groups -OCH3 is 1. The molecule has 0 spiro atoms. The van der Waals surface area contributed by atoms with E-state index in [-0.39, 0.29) is 5.91 Å². The lowest BCUT2D eigenvalue weighted by Crippen LogP contribution is -2.45. The minimum atomic E-state index is -0.909. The Morgan fingerprint density at radius 3 is 2.35 bits per heavy atom. The molecule has 2 amide bonds. The molecule has 0 aliphatic rings. The summed E-state index contributed by atoms with van der Waals surface area (Å²) >= 11 is 0. The molecule has 162 valence electrons. The molecule has 1 unspecified atom stereocenters. The van der Waals surface area contributed by atoms with Crippen molar-refractivity contribution < 1.29 is 14.3 Å². The average molecular weight is 421 g/mol. The molecule has 2 atom stereocenters. The van der Waals surface area contributed by atoms with E-state index in [1.807, 2.05) is 42.5 Å². The van der Waals surface area contributed by atoms with Gasteiger partial charge in [-0.1, -0.05) is 42.5 Å². The molecule has 0 radical (unpaired) electrons. The molecule has 3 rings (SSSR count).